The van der Waals surface area contributed by atoms with Crippen molar-refractivity contribution in [3.05, 3.63) is 63.8 Å². The molecule has 0 bridgehead atoms. The summed E-state index contributed by atoms with van der Waals surface area (Å²) in [4.78, 5) is 59.1. The molecule has 1 aliphatic rings. The number of piperidine rings is 1. The number of carboxylic acids is 1. The summed E-state index contributed by atoms with van der Waals surface area (Å²) in [5, 5.41) is 21.3. The van der Waals surface area contributed by atoms with Crippen LogP contribution >= 0.6 is 11.3 Å². The molecule has 7 unspecified atom stereocenters. The van der Waals surface area contributed by atoms with Crippen LogP contribution in [0.15, 0.2) is 47.5 Å². The third-order valence-corrected chi connectivity index (χ3v) is 10.9. The Bertz CT molecular complexity index is 1460. The van der Waals surface area contributed by atoms with Crippen molar-refractivity contribution in [3.8, 4) is 0 Å². The van der Waals surface area contributed by atoms with Gasteiger partial charge in [0, 0.05) is 30.9 Å². The monoisotopic (exact) mass is 725 g/mol. The van der Waals surface area contributed by atoms with Crippen LogP contribution in [0.5, 0.6) is 0 Å². The highest BCUT2D eigenvalue weighted by atomic mass is 32.1. The number of rotatable bonds is 19. The number of aromatic nitrogens is 1. The standard InChI is InChI=1S/C39H59N5O6S/c1-9-25(5)34(43-35(45)30-18-14-15-19-40-30)38(47)44(8)32(24(3)4)22-33(50-27(7)10-2)37-42-31(23-51-37)36(46)41-29(20-26(6)39(48)49)21-28-16-12-11-13-17-28/h10-13,16-17,23-26,29-30,32-34,40H,9,14-15,18-22H2,1-8H3,(H,41,46)(H,43,45)(H,48,49). The van der Waals surface area contributed by atoms with Crippen molar-refractivity contribution >= 4 is 35.0 Å². The van der Waals surface area contributed by atoms with Gasteiger partial charge < -0.3 is 30.7 Å². The molecule has 1 aromatic heterocycles. The van der Waals surface area contributed by atoms with Gasteiger partial charge in [0.05, 0.1) is 17.7 Å². The van der Waals surface area contributed by atoms with E-state index in [9.17, 15) is 24.3 Å². The molecule has 3 rings (SSSR count). The van der Waals surface area contributed by atoms with Gasteiger partial charge in [-0.3, -0.25) is 19.2 Å². The van der Waals surface area contributed by atoms with Crippen LogP contribution in [0.4, 0.5) is 0 Å². The first kappa shape index (κ1) is 41.6. The number of carboxylic acid groups (broad SMARTS) is 1. The number of hydrogen-bond acceptors (Lipinski definition) is 8. The maximum Gasteiger partial charge on any atom is 0.306 e. The largest absolute Gasteiger partial charge is 0.488 e. The number of ether oxygens (including phenoxy) is 1. The molecule has 3 amide bonds. The molecular formula is C39H59N5O6S. The number of thiazole rings is 1. The highest BCUT2D eigenvalue weighted by molar-refractivity contribution is 7.09. The van der Waals surface area contributed by atoms with E-state index in [1.54, 1.807) is 24.3 Å². The summed E-state index contributed by atoms with van der Waals surface area (Å²) < 4.78 is 6.40. The topological polar surface area (TPSA) is 150 Å². The zero-order chi connectivity index (χ0) is 37.7. The normalized spacial score (nSPS) is 18.5. The fraction of sp³-hybridized carbons (Fsp3) is 0.615. The summed E-state index contributed by atoms with van der Waals surface area (Å²) >= 11 is 1.32. The zero-order valence-corrected chi connectivity index (χ0v) is 32.4. The van der Waals surface area contributed by atoms with Crippen molar-refractivity contribution in [2.24, 2.45) is 17.8 Å². The molecule has 11 nitrogen and oxygen atoms in total. The van der Waals surface area contributed by atoms with Crippen LogP contribution < -0.4 is 16.0 Å². The molecule has 0 aliphatic carbocycles. The van der Waals surface area contributed by atoms with Crippen molar-refractivity contribution in [3.63, 3.8) is 0 Å². The van der Waals surface area contributed by atoms with Gasteiger partial charge in [-0.1, -0.05) is 77.8 Å². The molecule has 2 aromatic rings. The molecule has 0 radical (unpaired) electrons. The van der Waals surface area contributed by atoms with Gasteiger partial charge in [-0.25, -0.2) is 4.98 Å². The SMILES string of the molecule is CC=C(C)OC(CC(C(C)C)N(C)C(=O)C(NC(=O)C1CCCCN1)C(C)CC)c1nc(C(=O)NC(Cc2ccccc2)CC(C)C(=O)O)cs1. The number of nitrogens with one attached hydrogen (secondary N) is 3. The lowest BCUT2D eigenvalue weighted by atomic mass is 9.92. The van der Waals surface area contributed by atoms with Gasteiger partial charge in [-0.2, -0.15) is 0 Å². The lowest BCUT2D eigenvalue weighted by Crippen LogP contribution is -2.57. The van der Waals surface area contributed by atoms with Gasteiger partial charge >= 0.3 is 5.97 Å². The third kappa shape index (κ3) is 12.5. The second kappa shape index (κ2) is 20.3. The van der Waals surface area contributed by atoms with E-state index in [4.69, 9.17) is 9.72 Å². The quantitative estimate of drug-likeness (QED) is 0.127. The fourth-order valence-corrected chi connectivity index (χ4v) is 7.24. The van der Waals surface area contributed by atoms with E-state index in [-0.39, 0.29) is 53.8 Å². The van der Waals surface area contributed by atoms with E-state index >= 15 is 0 Å². The first-order valence-corrected chi connectivity index (χ1v) is 19.3. The van der Waals surface area contributed by atoms with Crippen LogP contribution in [0.1, 0.15) is 114 Å². The van der Waals surface area contributed by atoms with E-state index < -0.39 is 30.1 Å². The lowest BCUT2D eigenvalue weighted by molar-refractivity contribution is -0.141. The van der Waals surface area contributed by atoms with Gasteiger partial charge in [-0.15, -0.1) is 11.3 Å². The first-order chi connectivity index (χ1) is 24.2. The number of carbonyl (C=O) groups is 4. The van der Waals surface area contributed by atoms with Crippen LogP contribution in [0.3, 0.4) is 0 Å². The number of aliphatic carboxylic acids is 1. The molecule has 12 heteroatoms. The molecule has 1 saturated heterocycles. The molecule has 2 heterocycles. The molecule has 51 heavy (non-hydrogen) atoms. The number of benzene rings is 1. The van der Waals surface area contributed by atoms with Crippen molar-refractivity contribution in [2.75, 3.05) is 13.6 Å². The molecule has 1 fully saturated rings. The average molecular weight is 726 g/mol. The second-order valence-corrected chi connectivity index (χ2v) is 15.2. The summed E-state index contributed by atoms with van der Waals surface area (Å²) in [6.45, 7) is 14.3. The van der Waals surface area contributed by atoms with E-state index in [0.29, 0.717) is 23.6 Å². The molecular weight excluding hydrogens is 667 g/mol. The molecule has 0 spiro atoms. The Hall–Kier alpha value is -3.77. The van der Waals surface area contributed by atoms with E-state index in [1.165, 1.54) is 11.3 Å². The minimum Gasteiger partial charge on any atom is -0.488 e. The van der Waals surface area contributed by atoms with Crippen molar-refractivity contribution < 1.29 is 29.0 Å². The number of nitrogens with zero attached hydrogens (tertiary/aromatic N) is 2. The number of likely N-dealkylation sites (N-methyl/N-ethyl adjacent to an activating group) is 1. The van der Waals surface area contributed by atoms with Crippen LogP contribution in [0, 0.1) is 17.8 Å². The Morgan fingerprint density at radius 3 is 2.39 bits per heavy atom. The third-order valence-electron chi connectivity index (χ3n) is 9.96. The summed E-state index contributed by atoms with van der Waals surface area (Å²) in [5.41, 5.74) is 1.22. The van der Waals surface area contributed by atoms with Crippen molar-refractivity contribution in [1.29, 1.82) is 0 Å². The lowest BCUT2D eigenvalue weighted by Gasteiger charge is -2.37. The number of allylic oxidation sites excluding steroid dienone is 2. The van der Waals surface area contributed by atoms with Crippen LogP contribution in [-0.2, 0) is 25.5 Å². The smallest absolute Gasteiger partial charge is 0.306 e. The highest BCUT2D eigenvalue weighted by Gasteiger charge is 2.36. The summed E-state index contributed by atoms with van der Waals surface area (Å²) in [6.07, 6.45) is 5.98. The maximum absolute atomic E-state index is 14.2. The number of hydrogen-bond donors (Lipinski definition) is 4. The molecule has 1 aromatic carbocycles. The van der Waals surface area contributed by atoms with Crippen LogP contribution in [0.25, 0.3) is 0 Å². The first-order valence-electron chi connectivity index (χ1n) is 18.4. The minimum atomic E-state index is -0.917. The fourth-order valence-electron chi connectivity index (χ4n) is 6.40. The van der Waals surface area contributed by atoms with Crippen LogP contribution in [-0.4, -0.2) is 76.4 Å². The Balaban J connectivity index is 1.83. The van der Waals surface area contributed by atoms with Gasteiger partial charge in [0.25, 0.3) is 5.91 Å². The predicted octanol–water partition coefficient (Wildman–Crippen LogP) is 6.12. The van der Waals surface area contributed by atoms with Crippen molar-refractivity contribution in [2.45, 2.75) is 124 Å². The summed E-state index contributed by atoms with van der Waals surface area (Å²) in [7, 11) is 1.79. The number of carbonyl (C=O) groups excluding carboxylic acids is 3. The Morgan fingerprint density at radius 1 is 1.10 bits per heavy atom. The highest BCUT2D eigenvalue weighted by Crippen LogP contribution is 2.32. The number of amides is 3. The molecule has 7 atom stereocenters. The second-order valence-electron chi connectivity index (χ2n) is 14.3. The minimum absolute atomic E-state index is 0.0435. The van der Waals surface area contributed by atoms with Gasteiger partial charge in [0.15, 0.2) is 6.10 Å². The summed E-state index contributed by atoms with van der Waals surface area (Å²) in [6, 6.07) is 8.01. The van der Waals surface area contributed by atoms with Crippen molar-refractivity contribution in [1.82, 2.24) is 25.8 Å². The predicted molar refractivity (Wildman–Crippen MR) is 201 cm³/mol. The van der Waals surface area contributed by atoms with Gasteiger partial charge in [-0.05, 0) is 69.6 Å². The van der Waals surface area contributed by atoms with E-state index in [0.717, 1.165) is 37.8 Å². The van der Waals surface area contributed by atoms with Gasteiger partial charge in [0.1, 0.15) is 16.7 Å². The zero-order valence-electron chi connectivity index (χ0n) is 31.6. The maximum atomic E-state index is 14.2. The van der Waals surface area contributed by atoms with E-state index in [1.807, 2.05) is 64.1 Å². The van der Waals surface area contributed by atoms with E-state index in [2.05, 4.69) is 29.8 Å². The van der Waals surface area contributed by atoms with Gasteiger partial charge in [0.2, 0.25) is 11.8 Å². The Kier molecular flexibility index (Phi) is 16.6. The average Bonchev–Trinajstić information content (AvgIpc) is 3.62. The molecule has 1 aliphatic heterocycles. The summed E-state index contributed by atoms with van der Waals surface area (Å²) in [5.74, 6) is -1.56. The molecule has 0 saturated carbocycles. The Morgan fingerprint density at radius 2 is 1.80 bits per heavy atom. The Labute approximate surface area is 308 Å². The van der Waals surface area contributed by atoms with Crippen LogP contribution in [0.2, 0.25) is 0 Å². The molecule has 282 valence electrons. The molecule has 4 N–H and O–H groups in total.